The van der Waals surface area contributed by atoms with Crippen molar-refractivity contribution in [3.8, 4) is 62.1 Å². The number of para-hydroxylation sites is 3. The molecule has 0 saturated heterocycles. The summed E-state index contributed by atoms with van der Waals surface area (Å²) in [5.74, 6) is 1.85. The molecule has 0 amide bonds. The molecule has 0 atom stereocenters. The molecule has 0 unspecified atom stereocenters. The van der Waals surface area contributed by atoms with Crippen molar-refractivity contribution in [3.63, 3.8) is 0 Å². The van der Waals surface area contributed by atoms with Gasteiger partial charge in [-0.15, -0.1) is 0 Å². The highest BCUT2D eigenvalue weighted by molar-refractivity contribution is 6.25. The monoisotopic (exact) mass is 688 g/mol. The van der Waals surface area contributed by atoms with Crippen LogP contribution >= 0.6 is 0 Å². The SMILES string of the molecule is c1ccc(-c2nc(-c3ccc4c(c3)c3ccccc3n4-c3ccccc3)nc(-c3c4c(cc5oc6ccccc6c35)-c3cccc5cccc-4c35)n2)cc1. The lowest BCUT2D eigenvalue weighted by molar-refractivity contribution is 0.669. The number of hydrogen-bond acceptors (Lipinski definition) is 4. The smallest absolute Gasteiger partial charge is 0.165 e. The summed E-state index contributed by atoms with van der Waals surface area (Å²) in [4.78, 5) is 16.0. The number of benzene rings is 8. The molecule has 0 aliphatic heterocycles. The third-order valence-corrected chi connectivity index (χ3v) is 11.0. The molecule has 1 aliphatic rings. The number of nitrogens with zero attached hydrogens (tertiary/aromatic N) is 4. The predicted octanol–water partition coefficient (Wildman–Crippen LogP) is 12.7. The second kappa shape index (κ2) is 11.1. The van der Waals surface area contributed by atoms with Crippen LogP contribution in [0, 0.1) is 0 Å². The van der Waals surface area contributed by atoms with Crippen LogP contribution in [0.15, 0.2) is 174 Å². The predicted molar refractivity (Wildman–Crippen MR) is 220 cm³/mol. The molecule has 0 fully saturated rings. The molecular formula is C49H28N4O. The zero-order valence-electron chi connectivity index (χ0n) is 28.9. The Morgan fingerprint density at radius 1 is 0.389 bits per heavy atom. The minimum atomic E-state index is 0.615. The van der Waals surface area contributed by atoms with Crippen LogP contribution in [0.4, 0.5) is 0 Å². The molecule has 250 valence electrons. The van der Waals surface area contributed by atoms with E-state index in [1.165, 1.54) is 27.3 Å². The Bertz CT molecular complexity index is 3320. The Balaban J connectivity index is 1.18. The fourth-order valence-electron chi connectivity index (χ4n) is 8.68. The highest BCUT2D eigenvalue weighted by atomic mass is 16.3. The molecule has 12 rings (SSSR count). The average Bonchev–Trinajstić information content (AvgIpc) is 3.89. The van der Waals surface area contributed by atoms with E-state index in [9.17, 15) is 0 Å². The molecule has 11 aromatic rings. The number of hydrogen-bond donors (Lipinski definition) is 0. The van der Waals surface area contributed by atoms with Gasteiger partial charge in [-0.1, -0.05) is 121 Å². The summed E-state index contributed by atoms with van der Waals surface area (Å²) in [6.07, 6.45) is 0. The van der Waals surface area contributed by atoms with Crippen molar-refractivity contribution in [1.82, 2.24) is 19.5 Å². The molecule has 0 spiro atoms. The van der Waals surface area contributed by atoms with Crippen molar-refractivity contribution in [3.05, 3.63) is 170 Å². The van der Waals surface area contributed by atoms with Gasteiger partial charge in [0.2, 0.25) is 0 Å². The average molecular weight is 689 g/mol. The first-order valence-corrected chi connectivity index (χ1v) is 18.2. The highest BCUT2D eigenvalue weighted by Gasteiger charge is 2.30. The molecule has 54 heavy (non-hydrogen) atoms. The van der Waals surface area contributed by atoms with E-state index >= 15 is 0 Å². The van der Waals surface area contributed by atoms with E-state index in [-0.39, 0.29) is 0 Å². The van der Waals surface area contributed by atoms with Gasteiger partial charge in [-0.2, -0.15) is 0 Å². The molecule has 5 nitrogen and oxygen atoms in total. The molecule has 0 radical (unpaired) electrons. The van der Waals surface area contributed by atoms with Crippen LogP contribution in [0.5, 0.6) is 0 Å². The number of rotatable bonds is 4. The largest absolute Gasteiger partial charge is 0.456 e. The first-order valence-electron chi connectivity index (χ1n) is 18.2. The Morgan fingerprint density at radius 2 is 1.06 bits per heavy atom. The Hall–Kier alpha value is -7.37. The van der Waals surface area contributed by atoms with Crippen LogP contribution in [0.1, 0.15) is 0 Å². The third-order valence-electron chi connectivity index (χ3n) is 11.0. The fraction of sp³-hybridized carbons (Fsp3) is 0. The molecular weight excluding hydrogens is 661 g/mol. The lowest BCUT2D eigenvalue weighted by Crippen LogP contribution is -2.01. The summed E-state index contributed by atoms with van der Waals surface area (Å²) < 4.78 is 8.95. The minimum Gasteiger partial charge on any atom is -0.456 e. The van der Waals surface area contributed by atoms with Gasteiger partial charge in [0.1, 0.15) is 11.2 Å². The normalized spacial score (nSPS) is 12.1. The first-order chi connectivity index (χ1) is 26.8. The quantitative estimate of drug-likeness (QED) is 0.185. The van der Waals surface area contributed by atoms with Gasteiger partial charge in [-0.3, -0.25) is 0 Å². The van der Waals surface area contributed by atoms with Crippen molar-refractivity contribution < 1.29 is 4.42 Å². The second-order valence-corrected chi connectivity index (χ2v) is 13.9. The molecule has 0 saturated carbocycles. The Morgan fingerprint density at radius 3 is 1.89 bits per heavy atom. The van der Waals surface area contributed by atoms with E-state index in [1.54, 1.807) is 0 Å². The van der Waals surface area contributed by atoms with Gasteiger partial charge in [0, 0.05) is 49.5 Å². The van der Waals surface area contributed by atoms with Gasteiger partial charge in [0.15, 0.2) is 17.5 Å². The van der Waals surface area contributed by atoms with E-state index in [4.69, 9.17) is 19.4 Å². The van der Waals surface area contributed by atoms with E-state index in [1.807, 2.05) is 30.3 Å². The zero-order valence-corrected chi connectivity index (χ0v) is 28.9. The van der Waals surface area contributed by atoms with Gasteiger partial charge in [0.05, 0.1) is 11.0 Å². The van der Waals surface area contributed by atoms with Crippen molar-refractivity contribution in [1.29, 1.82) is 0 Å². The first kappa shape index (κ1) is 29.2. The summed E-state index contributed by atoms with van der Waals surface area (Å²) in [5.41, 5.74) is 12.5. The van der Waals surface area contributed by atoms with Crippen molar-refractivity contribution in [2.75, 3.05) is 0 Å². The van der Waals surface area contributed by atoms with Crippen molar-refractivity contribution in [2.45, 2.75) is 0 Å². The van der Waals surface area contributed by atoms with E-state index in [0.29, 0.717) is 17.5 Å². The standard InChI is InChI=1S/C49H28N4O/c1-3-13-30(14-4-1)47-50-48(31-25-26-40-37(27-31)33-19-7-9-23-39(33)53(40)32-17-5-2-6-18-32)52-49(51-47)46-44-36-22-12-16-29-15-11-21-34(43(29)36)38(44)28-42-45(46)35-20-8-10-24-41(35)54-42/h1-28H. The minimum absolute atomic E-state index is 0.615. The maximum atomic E-state index is 6.62. The lowest BCUT2D eigenvalue weighted by Gasteiger charge is -2.14. The van der Waals surface area contributed by atoms with Crippen LogP contribution < -0.4 is 0 Å². The topological polar surface area (TPSA) is 56.7 Å². The summed E-state index contributed by atoms with van der Waals surface area (Å²) in [6, 6.07) is 59.5. The zero-order chi connectivity index (χ0) is 35.3. The van der Waals surface area contributed by atoms with Gasteiger partial charge < -0.3 is 8.98 Å². The summed E-state index contributed by atoms with van der Waals surface area (Å²) in [5, 5.41) is 6.80. The van der Waals surface area contributed by atoms with Crippen molar-refractivity contribution in [2.24, 2.45) is 0 Å². The van der Waals surface area contributed by atoms with Crippen LogP contribution in [-0.4, -0.2) is 19.5 Å². The van der Waals surface area contributed by atoms with Gasteiger partial charge in [0.25, 0.3) is 0 Å². The van der Waals surface area contributed by atoms with E-state index in [0.717, 1.165) is 71.9 Å². The number of aromatic nitrogens is 4. The van der Waals surface area contributed by atoms with Gasteiger partial charge >= 0.3 is 0 Å². The molecule has 5 heteroatoms. The molecule has 3 heterocycles. The Labute approximate surface area is 309 Å². The molecule has 0 N–H and O–H groups in total. The number of furan rings is 1. The van der Waals surface area contributed by atoms with Crippen LogP contribution in [0.25, 0.3) is 117 Å². The highest BCUT2D eigenvalue weighted by Crippen LogP contribution is 2.54. The maximum absolute atomic E-state index is 6.62. The van der Waals surface area contributed by atoms with Crippen molar-refractivity contribution >= 4 is 54.5 Å². The molecule has 0 bridgehead atoms. The summed E-state index contributed by atoms with van der Waals surface area (Å²) >= 11 is 0. The maximum Gasteiger partial charge on any atom is 0.165 e. The van der Waals surface area contributed by atoms with Gasteiger partial charge in [-0.25, -0.2) is 15.0 Å². The molecule has 1 aliphatic carbocycles. The van der Waals surface area contributed by atoms with Crippen LogP contribution in [0.3, 0.4) is 0 Å². The van der Waals surface area contributed by atoms with E-state index in [2.05, 4.69) is 144 Å². The fourth-order valence-corrected chi connectivity index (χ4v) is 8.68. The summed E-state index contributed by atoms with van der Waals surface area (Å²) in [7, 11) is 0. The second-order valence-electron chi connectivity index (χ2n) is 13.9. The van der Waals surface area contributed by atoms with Crippen LogP contribution in [-0.2, 0) is 0 Å². The lowest BCUT2D eigenvalue weighted by atomic mass is 9.93. The third kappa shape index (κ3) is 4.12. The summed E-state index contributed by atoms with van der Waals surface area (Å²) in [6.45, 7) is 0. The Kier molecular flexibility index (Phi) is 5.99. The van der Waals surface area contributed by atoms with E-state index < -0.39 is 0 Å². The van der Waals surface area contributed by atoms with Crippen LogP contribution in [0.2, 0.25) is 0 Å². The molecule has 3 aromatic heterocycles. The van der Waals surface area contributed by atoms with Gasteiger partial charge in [-0.05, 0) is 76.0 Å². The number of fused-ring (bicyclic) bond motifs is 9. The molecule has 8 aromatic carbocycles.